The second kappa shape index (κ2) is 5.89. The summed E-state index contributed by atoms with van der Waals surface area (Å²) in [5.41, 5.74) is 0.957. The van der Waals surface area contributed by atoms with E-state index in [1.165, 1.54) is 0 Å². The minimum Gasteiger partial charge on any atom is -0.504 e. The maximum atomic E-state index is 11.1. The lowest BCUT2D eigenvalue weighted by molar-refractivity contribution is -0.116. The van der Waals surface area contributed by atoms with Crippen LogP contribution in [0, 0.1) is 0 Å². The highest BCUT2D eigenvalue weighted by atomic mass is 79.9. The normalized spacial score (nSPS) is 12.2. The molecule has 0 aliphatic heterocycles. The van der Waals surface area contributed by atoms with Crippen molar-refractivity contribution < 1.29 is 14.6 Å². The van der Waals surface area contributed by atoms with Gasteiger partial charge in [-0.2, -0.15) is 0 Å². The molecule has 0 aliphatic rings. The second-order valence-electron chi connectivity index (χ2n) is 3.52. The van der Waals surface area contributed by atoms with Gasteiger partial charge in [-0.15, -0.1) is 0 Å². The molecule has 0 heterocycles. The van der Waals surface area contributed by atoms with Crippen LogP contribution in [-0.4, -0.2) is 22.3 Å². The van der Waals surface area contributed by atoms with E-state index in [4.69, 9.17) is 4.74 Å². The minimum absolute atomic E-state index is 0.0889. The molecule has 0 aromatic heterocycles. The maximum absolute atomic E-state index is 11.1. The molecule has 0 aliphatic carbocycles. The number of hydrogen-bond donors (Lipinski definition) is 1. The van der Waals surface area contributed by atoms with Gasteiger partial charge in [0, 0.05) is 0 Å². The molecule has 1 atom stereocenters. The minimum atomic E-state index is -0.188. The van der Waals surface area contributed by atoms with Crippen LogP contribution in [0.25, 0.3) is 0 Å². The number of halogens is 1. The largest absolute Gasteiger partial charge is 0.504 e. The Morgan fingerprint density at radius 1 is 1.56 bits per heavy atom. The molecule has 3 nitrogen and oxygen atoms in total. The quantitative estimate of drug-likeness (QED) is 0.847. The molecule has 0 bridgehead atoms. The van der Waals surface area contributed by atoms with Crippen molar-refractivity contribution in [1.29, 1.82) is 0 Å². The smallest absolute Gasteiger partial charge is 0.161 e. The summed E-state index contributed by atoms with van der Waals surface area (Å²) in [6.07, 6.45) is 0.593. The first kappa shape index (κ1) is 13.0. The van der Waals surface area contributed by atoms with Crippen LogP contribution < -0.4 is 4.74 Å². The van der Waals surface area contributed by atoms with E-state index in [1.54, 1.807) is 25.1 Å². The average molecular weight is 287 g/mol. The van der Waals surface area contributed by atoms with Gasteiger partial charge >= 0.3 is 0 Å². The molecule has 0 amide bonds. The summed E-state index contributed by atoms with van der Waals surface area (Å²) in [7, 11) is 0. The highest BCUT2D eigenvalue weighted by Gasteiger charge is 2.12. The van der Waals surface area contributed by atoms with Crippen LogP contribution in [-0.2, 0) is 11.2 Å². The number of aromatic hydroxyl groups is 1. The summed E-state index contributed by atoms with van der Waals surface area (Å²) >= 11 is 3.31. The third-order valence-corrected chi connectivity index (χ3v) is 3.15. The van der Waals surface area contributed by atoms with E-state index >= 15 is 0 Å². The number of benzene rings is 1. The molecule has 0 radical (unpaired) electrons. The van der Waals surface area contributed by atoms with E-state index in [-0.39, 0.29) is 16.4 Å². The number of ether oxygens (including phenoxy) is 1. The van der Waals surface area contributed by atoms with E-state index in [1.807, 2.05) is 6.92 Å². The Morgan fingerprint density at radius 3 is 2.81 bits per heavy atom. The van der Waals surface area contributed by atoms with Crippen LogP contribution in [0.15, 0.2) is 18.2 Å². The van der Waals surface area contributed by atoms with Crippen molar-refractivity contribution in [3.63, 3.8) is 0 Å². The summed E-state index contributed by atoms with van der Waals surface area (Å²) in [6.45, 7) is 3.90. The zero-order valence-electron chi connectivity index (χ0n) is 9.37. The van der Waals surface area contributed by atoms with Crippen molar-refractivity contribution in [3.05, 3.63) is 23.8 Å². The highest BCUT2D eigenvalue weighted by molar-refractivity contribution is 9.10. The third-order valence-electron chi connectivity index (χ3n) is 2.18. The van der Waals surface area contributed by atoms with Gasteiger partial charge < -0.3 is 9.84 Å². The zero-order valence-corrected chi connectivity index (χ0v) is 11.0. The Bertz CT molecular complexity index is 377. The van der Waals surface area contributed by atoms with Crippen LogP contribution in [0.2, 0.25) is 0 Å². The number of hydrogen-bond acceptors (Lipinski definition) is 3. The van der Waals surface area contributed by atoms with Crippen molar-refractivity contribution in [2.45, 2.75) is 25.1 Å². The highest BCUT2D eigenvalue weighted by Crippen LogP contribution is 2.27. The Kier molecular flexibility index (Phi) is 4.80. The van der Waals surface area contributed by atoms with Gasteiger partial charge in [-0.25, -0.2) is 0 Å². The van der Waals surface area contributed by atoms with Gasteiger partial charge in [0.2, 0.25) is 0 Å². The van der Waals surface area contributed by atoms with Gasteiger partial charge in [0.1, 0.15) is 5.78 Å². The Balaban J connectivity index is 2.82. The summed E-state index contributed by atoms with van der Waals surface area (Å²) in [5, 5.41) is 9.51. The van der Waals surface area contributed by atoms with E-state index in [9.17, 15) is 9.90 Å². The fourth-order valence-electron chi connectivity index (χ4n) is 1.31. The van der Waals surface area contributed by atoms with Crippen LogP contribution in [0.5, 0.6) is 11.5 Å². The molecule has 4 heteroatoms. The fraction of sp³-hybridized carbons (Fsp3) is 0.417. The Labute approximate surface area is 104 Å². The number of rotatable bonds is 5. The predicted molar refractivity (Wildman–Crippen MR) is 66.4 cm³/mol. The monoisotopic (exact) mass is 286 g/mol. The van der Waals surface area contributed by atoms with E-state index < -0.39 is 0 Å². The SMILES string of the molecule is CCOc1cc(CC(Br)C(C)=O)ccc1O. The average Bonchev–Trinajstić information content (AvgIpc) is 2.23. The van der Waals surface area contributed by atoms with Crippen LogP contribution in [0.1, 0.15) is 19.4 Å². The number of alkyl halides is 1. The summed E-state index contributed by atoms with van der Waals surface area (Å²) in [4.78, 5) is 10.9. The van der Waals surface area contributed by atoms with Gasteiger partial charge in [0.15, 0.2) is 11.5 Å². The summed E-state index contributed by atoms with van der Waals surface area (Å²) in [6, 6.07) is 5.13. The molecule has 0 spiro atoms. The lowest BCUT2D eigenvalue weighted by Gasteiger charge is -2.10. The molecule has 0 saturated heterocycles. The van der Waals surface area contributed by atoms with Crippen molar-refractivity contribution in [2.75, 3.05) is 6.61 Å². The molecule has 1 aromatic carbocycles. The van der Waals surface area contributed by atoms with Gasteiger partial charge in [-0.3, -0.25) is 4.79 Å². The summed E-state index contributed by atoms with van der Waals surface area (Å²) in [5.74, 6) is 0.675. The van der Waals surface area contributed by atoms with Gasteiger partial charge in [0.05, 0.1) is 11.4 Å². The first-order valence-corrected chi connectivity index (χ1v) is 6.05. The molecule has 16 heavy (non-hydrogen) atoms. The van der Waals surface area contributed by atoms with Crippen LogP contribution in [0.3, 0.4) is 0 Å². The molecule has 0 fully saturated rings. The first-order chi connectivity index (χ1) is 7.54. The molecule has 0 saturated carbocycles. The van der Waals surface area contributed by atoms with Crippen molar-refractivity contribution in [2.24, 2.45) is 0 Å². The van der Waals surface area contributed by atoms with Gasteiger partial charge in [-0.05, 0) is 38.0 Å². The van der Waals surface area contributed by atoms with E-state index in [0.29, 0.717) is 18.8 Å². The van der Waals surface area contributed by atoms with Crippen LogP contribution in [0.4, 0.5) is 0 Å². The standard InChI is InChI=1S/C12H15BrO3/c1-3-16-12-7-9(4-5-11(12)15)6-10(13)8(2)14/h4-5,7,10,15H,3,6H2,1-2H3. The third kappa shape index (κ3) is 3.52. The van der Waals surface area contributed by atoms with Gasteiger partial charge in [-0.1, -0.05) is 22.0 Å². The molecular formula is C12H15BrO3. The number of ketones is 1. The molecule has 88 valence electrons. The Hall–Kier alpha value is -1.03. The number of Topliss-reactive ketones (excluding diaryl/α,β-unsaturated/α-hetero) is 1. The lowest BCUT2D eigenvalue weighted by atomic mass is 10.1. The molecule has 1 N–H and O–H groups in total. The van der Waals surface area contributed by atoms with Gasteiger partial charge in [0.25, 0.3) is 0 Å². The molecule has 1 rings (SSSR count). The van der Waals surface area contributed by atoms with Crippen LogP contribution >= 0.6 is 15.9 Å². The topological polar surface area (TPSA) is 46.5 Å². The lowest BCUT2D eigenvalue weighted by Crippen LogP contribution is -2.12. The Morgan fingerprint density at radius 2 is 2.25 bits per heavy atom. The zero-order chi connectivity index (χ0) is 12.1. The summed E-state index contributed by atoms with van der Waals surface area (Å²) < 4.78 is 5.27. The number of phenols is 1. The van der Waals surface area contributed by atoms with Crippen molar-refractivity contribution in [3.8, 4) is 11.5 Å². The molecule has 1 aromatic rings. The van der Waals surface area contributed by atoms with Crippen molar-refractivity contribution in [1.82, 2.24) is 0 Å². The molecule has 1 unspecified atom stereocenters. The molecular weight excluding hydrogens is 272 g/mol. The number of carbonyl (C=O) groups is 1. The first-order valence-electron chi connectivity index (χ1n) is 5.13. The second-order valence-corrected chi connectivity index (χ2v) is 4.62. The predicted octanol–water partition coefficient (Wildman–Crippen LogP) is 2.69. The fourth-order valence-corrected chi connectivity index (χ4v) is 1.68. The number of phenolic OH excluding ortho intramolecular Hbond substituents is 1. The van der Waals surface area contributed by atoms with Crippen molar-refractivity contribution >= 4 is 21.7 Å². The number of carbonyl (C=O) groups excluding carboxylic acids is 1. The van der Waals surface area contributed by atoms with E-state index in [0.717, 1.165) is 5.56 Å². The van der Waals surface area contributed by atoms with E-state index in [2.05, 4.69) is 15.9 Å². The maximum Gasteiger partial charge on any atom is 0.161 e.